The van der Waals surface area contributed by atoms with Crippen molar-refractivity contribution < 1.29 is 9.59 Å². The van der Waals surface area contributed by atoms with Crippen molar-refractivity contribution in [1.29, 1.82) is 10.8 Å². The summed E-state index contributed by atoms with van der Waals surface area (Å²) in [5.41, 5.74) is 0. The van der Waals surface area contributed by atoms with Crippen LogP contribution >= 0.6 is 0 Å². The van der Waals surface area contributed by atoms with Gasteiger partial charge in [0.05, 0.1) is 0 Å². The van der Waals surface area contributed by atoms with E-state index in [4.69, 9.17) is 20.4 Å². The minimum absolute atomic E-state index is 0. The molecule has 0 amide bonds. The average molecular weight is 238 g/mol. The minimum atomic E-state index is 0. The van der Waals surface area contributed by atoms with Gasteiger partial charge in [-0.1, -0.05) is 70.2 Å². The summed E-state index contributed by atoms with van der Waals surface area (Å²) in [4.78, 5) is 16.7. The van der Waals surface area contributed by atoms with E-state index >= 15 is 0 Å². The molecule has 0 aliphatic heterocycles. The standard InChI is InChI=1S/2C3H8.2CHNO.4CH4/c2*1-3-2;2*2-1-3;;;;/h2*3H2,1-2H3;2*2H;4*1H4. The topological polar surface area (TPSA) is 81.8 Å². The van der Waals surface area contributed by atoms with Crippen LogP contribution in [-0.2, 0) is 9.59 Å². The molecule has 4 heteroatoms. The summed E-state index contributed by atoms with van der Waals surface area (Å²) >= 11 is 0. The van der Waals surface area contributed by atoms with Crippen molar-refractivity contribution in [2.24, 2.45) is 0 Å². The Labute approximate surface area is 103 Å². The zero-order valence-electron chi connectivity index (χ0n) is 8.23. The zero-order valence-corrected chi connectivity index (χ0v) is 8.23. The summed E-state index contributed by atoms with van der Waals surface area (Å²) in [5.74, 6) is 0. The maximum absolute atomic E-state index is 8.35. The average Bonchev–Trinajstić information content (AvgIpc) is 1.92. The van der Waals surface area contributed by atoms with Gasteiger partial charge in [0.1, 0.15) is 0 Å². The predicted molar refractivity (Wildman–Crippen MR) is 75.7 cm³/mol. The Morgan fingerprint density at radius 1 is 0.688 bits per heavy atom. The van der Waals surface area contributed by atoms with Crippen LogP contribution in [0.4, 0.5) is 0 Å². The molecular formula is C12H34N2O2. The Kier molecular flexibility index (Phi) is 1120. The van der Waals surface area contributed by atoms with Gasteiger partial charge in [-0.15, -0.1) is 0 Å². The molecule has 0 rings (SSSR count). The first-order valence-corrected chi connectivity index (χ1v) is 3.74. The lowest BCUT2D eigenvalue weighted by Crippen LogP contribution is -1.27. The van der Waals surface area contributed by atoms with Crippen molar-refractivity contribution in [2.45, 2.75) is 70.2 Å². The van der Waals surface area contributed by atoms with Crippen LogP contribution in [0.3, 0.4) is 0 Å². The fourth-order valence-corrected chi connectivity index (χ4v) is 0. The molecule has 0 saturated heterocycles. The Morgan fingerprint density at radius 2 is 0.688 bits per heavy atom. The molecule has 0 aromatic heterocycles. The quantitative estimate of drug-likeness (QED) is 0.450. The highest BCUT2D eigenvalue weighted by Crippen LogP contribution is 1.56. The van der Waals surface area contributed by atoms with Gasteiger partial charge in [-0.2, -0.15) is 0 Å². The van der Waals surface area contributed by atoms with E-state index in [2.05, 4.69) is 27.7 Å². The molecule has 0 radical (unpaired) electrons. The van der Waals surface area contributed by atoms with E-state index in [1.54, 1.807) is 0 Å². The highest BCUT2D eigenvalue weighted by molar-refractivity contribution is 5.26. The molecule has 0 fully saturated rings. The Balaban J connectivity index is -0.00000000821. The fraction of sp³-hybridized carbons (Fsp3) is 0.833. The summed E-state index contributed by atoms with van der Waals surface area (Å²) in [5, 5.41) is 10.8. The molecule has 0 aromatic carbocycles. The van der Waals surface area contributed by atoms with Gasteiger partial charge < -0.3 is 0 Å². The second-order valence-electron chi connectivity index (χ2n) is 1.62. The van der Waals surface area contributed by atoms with Crippen LogP contribution in [-0.4, -0.2) is 12.2 Å². The first kappa shape index (κ1) is 61.2. The van der Waals surface area contributed by atoms with Crippen molar-refractivity contribution in [3.8, 4) is 0 Å². The molecule has 16 heavy (non-hydrogen) atoms. The van der Waals surface area contributed by atoms with Gasteiger partial charge in [-0.25, -0.2) is 20.4 Å². The van der Waals surface area contributed by atoms with Crippen molar-refractivity contribution in [1.82, 2.24) is 0 Å². The van der Waals surface area contributed by atoms with E-state index in [1.807, 2.05) is 0 Å². The number of hydrogen-bond donors (Lipinski definition) is 2. The first-order valence-electron chi connectivity index (χ1n) is 3.74. The van der Waals surface area contributed by atoms with Crippen LogP contribution in [0.5, 0.6) is 0 Å². The van der Waals surface area contributed by atoms with E-state index in [9.17, 15) is 0 Å². The molecule has 0 aliphatic carbocycles. The van der Waals surface area contributed by atoms with Gasteiger partial charge in [-0.3, -0.25) is 0 Å². The van der Waals surface area contributed by atoms with E-state index < -0.39 is 0 Å². The number of carbonyl (C=O) groups excluding carboxylic acids is 2. The minimum Gasteiger partial charge on any atom is -0.222 e. The van der Waals surface area contributed by atoms with Gasteiger partial charge in [-0.05, 0) is 0 Å². The van der Waals surface area contributed by atoms with Crippen LogP contribution < -0.4 is 0 Å². The first-order chi connectivity index (χ1) is 5.66. The molecule has 2 N–H and O–H groups in total. The van der Waals surface area contributed by atoms with Crippen LogP contribution in [0, 0.1) is 10.8 Å². The molecule has 0 spiro atoms. The molecule has 0 unspecified atom stereocenters. The third-order valence-electron chi connectivity index (χ3n) is 0. The molecule has 0 heterocycles. The largest absolute Gasteiger partial charge is 0.231 e. The molecule has 0 aromatic rings. The SMILES string of the molecule is C.C.C.C.CCC.CCC.N=C=O.N=C=O. The monoisotopic (exact) mass is 238 g/mol. The molecule has 0 saturated carbocycles. The zero-order chi connectivity index (χ0) is 10.8. The third kappa shape index (κ3) is 1150. The normalized spacial score (nSPS) is 3.25. The number of rotatable bonds is 0. The maximum Gasteiger partial charge on any atom is 0.231 e. The smallest absolute Gasteiger partial charge is 0.222 e. The highest BCUT2D eigenvalue weighted by atomic mass is 16.1. The summed E-state index contributed by atoms with van der Waals surface area (Å²) < 4.78 is 0. The molecule has 0 bridgehead atoms. The predicted octanol–water partition coefficient (Wildman–Crippen LogP) is 5.18. The number of isocyanates is 2. The van der Waals surface area contributed by atoms with Crippen LogP contribution in [0.2, 0.25) is 0 Å². The summed E-state index contributed by atoms with van der Waals surface area (Å²) in [6.45, 7) is 8.50. The summed E-state index contributed by atoms with van der Waals surface area (Å²) in [7, 11) is 0. The van der Waals surface area contributed by atoms with Gasteiger partial charge >= 0.3 is 0 Å². The lowest BCUT2D eigenvalue weighted by atomic mass is 10.6. The Hall–Kier alpha value is -1.24. The molecule has 0 atom stereocenters. The number of hydrogen-bond acceptors (Lipinski definition) is 4. The summed E-state index contributed by atoms with van der Waals surface area (Å²) in [6.07, 6.45) is 4.00. The van der Waals surface area contributed by atoms with E-state index in [-0.39, 0.29) is 29.7 Å². The highest BCUT2D eigenvalue weighted by Gasteiger charge is 1.36. The van der Waals surface area contributed by atoms with Crippen molar-refractivity contribution in [3.05, 3.63) is 0 Å². The third-order valence-corrected chi connectivity index (χ3v) is 0. The van der Waals surface area contributed by atoms with E-state index in [1.165, 1.54) is 12.8 Å². The maximum atomic E-state index is 8.35. The molecule has 0 aliphatic rings. The van der Waals surface area contributed by atoms with Crippen LogP contribution in [0.1, 0.15) is 70.2 Å². The van der Waals surface area contributed by atoms with Crippen LogP contribution in [0.15, 0.2) is 0 Å². The van der Waals surface area contributed by atoms with Crippen LogP contribution in [0.25, 0.3) is 0 Å². The fourth-order valence-electron chi connectivity index (χ4n) is 0. The molecule has 104 valence electrons. The Bertz CT molecular complexity index is 89.6. The molecular weight excluding hydrogens is 204 g/mol. The van der Waals surface area contributed by atoms with Gasteiger partial charge in [0.25, 0.3) is 0 Å². The lowest BCUT2D eigenvalue weighted by molar-refractivity contribution is 0.562. The number of nitrogens with one attached hydrogen (secondary N) is 2. The van der Waals surface area contributed by atoms with Crippen molar-refractivity contribution in [3.63, 3.8) is 0 Å². The molecule has 4 nitrogen and oxygen atoms in total. The lowest BCUT2D eigenvalue weighted by Gasteiger charge is -1.48. The van der Waals surface area contributed by atoms with E-state index in [0.29, 0.717) is 0 Å². The Morgan fingerprint density at radius 3 is 0.688 bits per heavy atom. The second-order valence-corrected chi connectivity index (χ2v) is 1.62. The van der Waals surface area contributed by atoms with Crippen molar-refractivity contribution >= 4 is 12.2 Å². The van der Waals surface area contributed by atoms with Gasteiger partial charge in [0.15, 0.2) is 0 Å². The van der Waals surface area contributed by atoms with E-state index in [0.717, 1.165) is 12.2 Å². The van der Waals surface area contributed by atoms with Crippen molar-refractivity contribution in [2.75, 3.05) is 0 Å². The summed E-state index contributed by atoms with van der Waals surface area (Å²) in [6, 6.07) is 0. The second kappa shape index (κ2) is 294. The van der Waals surface area contributed by atoms with Gasteiger partial charge in [0, 0.05) is 0 Å². The van der Waals surface area contributed by atoms with Gasteiger partial charge in [0.2, 0.25) is 12.2 Å².